The average Bonchev–Trinajstić information content (AvgIpc) is 1.62. The van der Waals surface area contributed by atoms with Crippen molar-refractivity contribution in [3.8, 4) is 0 Å². The van der Waals surface area contributed by atoms with Crippen LogP contribution in [0.1, 0.15) is 0 Å². The van der Waals surface area contributed by atoms with Gasteiger partial charge in [-0.2, -0.15) is 0 Å². The van der Waals surface area contributed by atoms with Crippen molar-refractivity contribution in [3.63, 3.8) is 0 Å². The van der Waals surface area contributed by atoms with Gasteiger partial charge >= 0.3 is 0 Å². The fourth-order valence-electron chi connectivity index (χ4n) is 0.166. The van der Waals surface area contributed by atoms with Gasteiger partial charge in [0.2, 0.25) is 0 Å². The van der Waals surface area contributed by atoms with E-state index in [-0.39, 0.29) is 4.57 Å². The molecule has 1 nitrogen and oxygen atoms in total. The Balaban J connectivity index is 3.82. The number of hydrogen-bond acceptors (Lipinski definition) is 1. The minimum absolute atomic E-state index is 0.134. The zero-order valence-electron chi connectivity index (χ0n) is 4.90. The van der Waals surface area contributed by atoms with E-state index < -0.39 is 7.14 Å². The lowest BCUT2D eigenvalue weighted by molar-refractivity contribution is 0.582. The summed E-state index contributed by atoms with van der Waals surface area (Å²) in [6.07, 6.45) is 0. The van der Waals surface area contributed by atoms with Crippen molar-refractivity contribution in [2.45, 2.75) is 4.57 Å². The maximum Gasteiger partial charge on any atom is 0.0957 e. The minimum atomic E-state index is -1.89. The standard InChI is InChI=1S/C4H9Br2OP/c1-8(2,7)4(6)3-5/h4H,3H2,1-2H3. The first-order valence-corrected chi connectivity index (χ1v) is 6.94. The Bertz CT molecular complexity index is 109. The molecule has 0 saturated heterocycles. The number of halogens is 2. The summed E-state index contributed by atoms with van der Waals surface area (Å²) in [6.45, 7) is 3.54. The van der Waals surface area contributed by atoms with Crippen LogP contribution >= 0.6 is 39.0 Å². The van der Waals surface area contributed by atoms with Crippen LogP contribution in [0.2, 0.25) is 0 Å². The van der Waals surface area contributed by atoms with Gasteiger partial charge < -0.3 is 4.57 Å². The van der Waals surface area contributed by atoms with Crippen LogP contribution in [-0.2, 0) is 4.57 Å². The van der Waals surface area contributed by atoms with Gasteiger partial charge in [-0.05, 0) is 13.3 Å². The number of alkyl halides is 2. The molecule has 1 unspecified atom stereocenters. The molecule has 0 bridgehead atoms. The van der Waals surface area contributed by atoms with Crippen LogP contribution in [0.4, 0.5) is 0 Å². The third kappa shape index (κ3) is 3.26. The monoisotopic (exact) mass is 262 g/mol. The molecule has 0 spiro atoms. The van der Waals surface area contributed by atoms with Crippen LogP contribution in [0.15, 0.2) is 0 Å². The topological polar surface area (TPSA) is 17.1 Å². The molecule has 0 radical (unpaired) electrons. The van der Waals surface area contributed by atoms with Crippen molar-refractivity contribution in [2.24, 2.45) is 0 Å². The van der Waals surface area contributed by atoms with Crippen LogP contribution in [0.5, 0.6) is 0 Å². The zero-order valence-corrected chi connectivity index (χ0v) is 8.96. The first-order chi connectivity index (χ1) is 3.48. The predicted molar refractivity (Wildman–Crippen MR) is 46.0 cm³/mol. The zero-order chi connectivity index (χ0) is 6.78. The van der Waals surface area contributed by atoms with Gasteiger partial charge in [0.15, 0.2) is 0 Å². The van der Waals surface area contributed by atoms with Crippen molar-refractivity contribution >= 4 is 39.0 Å². The second-order valence-corrected chi connectivity index (χ2v) is 7.98. The molecule has 0 heterocycles. The lowest BCUT2D eigenvalue weighted by Crippen LogP contribution is -1.97. The Morgan fingerprint density at radius 3 is 2.00 bits per heavy atom. The maximum atomic E-state index is 11.1. The first-order valence-electron chi connectivity index (χ1n) is 2.23. The van der Waals surface area contributed by atoms with Crippen molar-refractivity contribution in [2.75, 3.05) is 18.7 Å². The largest absolute Gasteiger partial charge is 0.323 e. The molecule has 8 heavy (non-hydrogen) atoms. The highest BCUT2D eigenvalue weighted by molar-refractivity contribution is 9.13. The van der Waals surface area contributed by atoms with Gasteiger partial charge in [0.25, 0.3) is 0 Å². The third-order valence-corrected chi connectivity index (χ3v) is 7.63. The quantitative estimate of drug-likeness (QED) is 0.553. The highest BCUT2D eigenvalue weighted by Gasteiger charge is 2.17. The SMILES string of the molecule is CP(C)(=O)C(Br)CBr. The molecule has 0 aliphatic carbocycles. The first kappa shape index (κ1) is 9.19. The highest BCUT2D eigenvalue weighted by Crippen LogP contribution is 2.46. The van der Waals surface area contributed by atoms with Crippen LogP contribution in [0.25, 0.3) is 0 Å². The van der Waals surface area contributed by atoms with Gasteiger partial charge in [0.05, 0.1) is 11.7 Å². The Labute approximate surface area is 66.9 Å². The molecule has 0 saturated carbocycles. The second kappa shape index (κ2) is 3.38. The lowest BCUT2D eigenvalue weighted by Gasteiger charge is -2.09. The summed E-state index contributed by atoms with van der Waals surface area (Å²) in [5.74, 6) is 0. The minimum Gasteiger partial charge on any atom is -0.323 e. The molecule has 0 aromatic heterocycles. The number of hydrogen-bond donors (Lipinski definition) is 0. The highest BCUT2D eigenvalue weighted by atomic mass is 79.9. The van der Waals surface area contributed by atoms with E-state index in [0.717, 1.165) is 5.33 Å². The van der Waals surface area contributed by atoms with Gasteiger partial charge in [-0.15, -0.1) is 0 Å². The average molecular weight is 264 g/mol. The summed E-state index contributed by atoms with van der Waals surface area (Å²) in [4.78, 5) is 0. The Kier molecular flexibility index (Phi) is 3.88. The van der Waals surface area contributed by atoms with E-state index in [4.69, 9.17) is 0 Å². The fraction of sp³-hybridized carbons (Fsp3) is 1.00. The summed E-state index contributed by atoms with van der Waals surface area (Å²) in [7, 11) is -1.89. The molecule has 0 aromatic carbocycles. The summed E-state index contributed by atoms with van der Waals surface area (Å²) in [6, 6.07) is 0. The Morgan fingerprint density at radius 1 is 1.62 bits per heavy atom. The van der Waals surface area contributed by atoms with E-state index >= 15 is 0 Å². The summed E-state index contributed by atoms with van der Waals surface area (Å²) in [5.41, 5.74) is 0. The summed E-state index contributed by atoms with van der Waals surface area (Å²) >= 11 is 6.52. The third-order valence-electron chi connectivity index (χ3n) is 0.802. The molecule has 0 amide bonds. The molecule has 1 atom stereocenters. The fourth-order valence-corrected chi connectivity index (χ4v) is 2.59. The van der Waals surface area contributed by atoms with Gasteiger partial charge in [-0.1, -0.05) is 31.9 Å². The van der Waals surface area contributed by atoms with Gasteiger partial charge in [-0.3, -0.25) is 0 Å². The second-order valence-electron chi connectivity index (χ2n) is 2.02. The lowest BCUT2D eigenvalue weighted by atomic mass is 11.0. The van der Waals surface area contributed by atoms with Crippen LogP contribution < -0.4 is 0 Å². The van der Waals surface area contributed by atoms with Crippen molar-refractivity contribution < 1.29 is 4.57 Å². The molecular weight excluding hydrogens is 255 g/mol. The van der Waals surface area contributed by atoms with Crippen LogP contribution in [0, 0.1) is 0 Å². The van der Waals surface area contributed by atoms with Crippen molar-refractivity contribution in [1.29, 1.82) is 0 Å². The van der Waals surface area contributed by atoms with E-state index in [0.29, 0.717) is 0 Å². The molecule has 0 rings (SSSR count). The Hall–Kier alpha value is 1.19. The maximum absolute atomic E-state index is 11.1. The van der Waals surface area contributed by atoms with Gasteiger partial charge in [-0.25, -0.2) is 0 Å². The Morgan fingerprint density at radius 2 is 2.00 bits per heavy atom. The molecule has 0 aliphatic heterocycles. The van der Waals surface area contributed by atoms with Crippen LogP contribution in [-0.4, -0.2) is 23.2 Å². The van der Waals surface area contributed by atoms with E-state index in [9.17, 15) is 4.57 Å². The van der Waals surface area contributed by atoms with Crippen molar-refractivity contribution in [1.82, 2.24) is 0 Å². The van der Waals surface area contributed by atoms with E-state index in [1.165, 1.54) is 0 Å². The van der Waals surface area contributed by atoms with E-state index in [2.05, 4.69) is 31.9 Å². The van der Waals surface area contributed by atoms with Gasteiger partial charge in [0.1, 0.15) is 0 Å². The molecule has 0 N–H and O–H groups in total. The molecular formula is C4H9Br2OP. The molecule has 50 valence electrons. The molecule has 4 heteroatoms. The predicted octanol–water partition coefficient (Wildman–Crippen LogP) is 2.73. The molecule has 0 fully saturated rings. The van der Waals surface area contributed by atoms with E-state index in [1.54, 1.807) is 13.3 Å². The van der Waals surface area contributed by atoms with Crippen LogP contribution in [0.3, 0.4) is 0 Å². The summed E-state index contributed by atoms with van der Waals surface area (Å²) < 4.78 is 11.2. The number of rotatable bonds is 2. The smallest absolute Gasteiger partial charge is 0.0957 e. The van der Waals surface area contributed by atoms with E-state index in [1.807, 2.05) is 0 Å². The van der Waals surface area contributed by atoms with Gasteiger partial charge in [0, 0.05) is 5.33 Å². The molecule has 0 aliphatic rings. The van der Waals surface area contributed by atoms with Crippen molar-refractivity contribution in [3.05, 3.63) is 0 Å². The molecule has 0 aromatic rings. The normalized spacial score (nSPS) is 16.0. The summed E-state index contributed by atoms with van der Waals surface area (Å²) in [5, 5.41) is 0.761.